The third-order valence-corrected chi connectivity index (χ3v) is 7.25. The molecule has 2 aliphatic heterocycles. The van der Waals surface area contributed by atoms with Crippen molar-refractivity contribution in [3.05, 3.63) is 71.8 Å². The van der Waals surface area contributed by atoms with Crippen LogP contribution >= 0.6 is 0 Å². The van der Waals surface area contributed by atoms with Crippen LogP contribution < -0.4 is 17.0 Å². The van der Waals surface area contributed by atoms with Crippen LogP contribution in [0.2, 0.25) is 0 Å². The van der Waals surface area contributed by atoms with Crippen LogP contribution in [0.25, 0.3) is 0 Å². The first-order chi connectivity index (χ1) is 12.6. The molecule has 0 saturated carbocycles. The number of benzene rings is 2. The Balaban J connectivity index is 0.00000210. The maximum Gasteiger partial charge on any atom is 0.107 e. The number of hydrogen-bond donors (Lipinski definition) is 0. The minimum atomic E-state index is -0.541. The van der Waals surface area contributed by atoms with E-state index >= 15 is 0 Å². The lowest BCUT2D eigenvalue weighted by atomic mass is 9.67. The van der Waals surface area contributed by atoms with Crippen LogP contribution in [0.5, 0.6) is 0 Å². The van der Waals surface area contributed by atoms with Crippen molar-refractivity contribution in [2.75, 3.05) is 14.1 Å². The maximum atomic E-state index is 10.4. The van der Waals surface area contributed by atoms with Crippen LogP contribution in [-0.4, -0.2) is 30.7 Å². The highest BCUT2D eigenvalue weighted by Gasteiger charge is 2.50. The molecule has 27 heavy (non-hydrogen) atoms. The average Bonchev–Trinajstić information content (AvgIpc) is 2.85. The van der Waals surface area contributed by atoms with Gasteiger partial charge in [-0.1, -0.05) is 60.7 Å². The minimum Gasteiger partial charge on any atom is -1.00 e. The zero-order valence-corrected chi connectivity index (χ0v) is 17.9. The molecule has 0 unspecified atom stereocenters. The second-order valence-corrected chi connectivity index (χ2v) is 8.80. The summed E-state index contributed by atoms with van der Waals surface area (Å²) in [5.41, 5.74) is 1.74. The smallest absolute Gasteiger partial charge is 0.107 e. The largest absolute Gasteiger partial charge is 1.00 e. The molecular weight excluding hydrogens is 396 g/mol. The van der Waals surface area contributed by atoms with Gasteiger partial charge in [0.1, 0.15) is 5.41 Å². The lowest BCUT2D eigenvalue weighted by molar-refractivity contribution is -0.931. The number of nitriles is 1. The average molecular weight is 425 g/mol. The van der Waals surface area contributed by atoms with Gasteiger partial charge in [0.15, 0.2) is 0 Å². The molecule has 0 aromatic heterocycles. The van der Waals surface area contributed by atoms with Gasteiger partial charge in [-0.25, -0.2) is 0 Å². The number of quaternary nitrogens is 1. The Morgan fingerprint density at radius 1 is 0.889 bits per heavy atom. The molecule has 0 spiro atoms. The van der Waals surface area contributed by atoms with Crippen molar-refractivity contribution in [1.29, 1.82) is 5.26 Å². The normalized spacial score (nSPS) is 26.0. The molecule has 4 rings (SSSR count). The summed E-state index contributed by atoms with van der Waals surface area (Å²) in [5, 5.41) is 10.4. The van der Waals surface area contributed by atoms with Crippen molar-refractivity contribution in [1.82, 2.24) is 0 Å². The van der Waals surface area contributed by atoms with E-state index in [1.165, 1.54) is 30.2 Å². The number of halogens is 1. The SMILES string of the molecule is C[N+]1(C)[C@@H]2CC[C@H]1C[C@@H](CC(C#N)(c1ccccc1)c1ccccc1)C2.[Br-]. The van der Waals surface area contributed by atoms with Crippen LogP contribution in [0.15, 0.2) is 60.7 Å². The number of rotatable bonds is 4. The van der Waals surface area contributed by atoms with E-state index in [9.17, 15) is 5.26 Å². The lowest BCUT2D eigenvalue weighted by Gasteiger charge is -2.45. The second-order valence-electron chi connectivity index (χ2n) is 8.80. The van der Waals surface area contributed by atoms with E-state index in [0.717, 1.165) is 29.6 Å². The predicted octanol–water partition coefficient (Wildman–Crippen LogP) is 1.91. The fourth-order valence-corrected chi connectivity index (χ4v) is 5.62. The summed E-state index contributed by atoms with van der Waals surface area (Å²) in [6.07, 6.45) is 6.15. The number of fused-ring (bicyclic) bond motifs is 2. The minimum absolute atomic E-state index is 0. The summed E-state index contributed by atoms with van der Waals surface area (Å²) in [4.78, 5) is 0. The highest BCUT2D eigenvalue weighted by atomic mass is 79.9. The van der Waals surface area contributed by atoms with Gasteiger partial charge in [0.05, 0.1) is 32.2 Å². The lowest BCUT2D eigenvalue weighted by Crippen LogP contribution is -3.00. The molecule has 2 aromatic rings. The van der Waals surface area contributed by atoms with Crippen molar-refractivity contribution in [2.45, 2.75) is 49.6 Å². The van der Waals surface area contributed by atoms with Crippen molar-refractivity contribution < 1.29 is 21.5 Å². The maximum absolute atomic E-state index is 10.4. The Bertz CT molecular complexity index is 739. The van der Waals surface area contributed by atoms with Gasteiger partial charge < -0.3 is 21.5 Å². The van der Waals surface area contributed by atoms with Gasteiger partial charge >= 0.3 is 0 Å². The fourth-order valence-electron chi connectivity index (χ4n) is 5.62. The van der Waals surface area contributed by atoms with E-state index in [0.29, 0.717) is 5.92 Å². The van der Waals surface area contributed by atoms with E-state index in [2.05, 4.69) is 68.7 Å². The van der Waals surface area contributed by atoms with Gasteiger partial charge in [0, 0.05) is 25.7 Å². The molecule has 2 bridgehead atoms. The molecular formula is C24H29BrN2. The monoisotopic (exact) mass is 424 g/mol. The van der Waals surface area contributed by atoms with Gasteiger partial charge in [-0.05, 0) is 23.5 Å². The number of piperidine rings is 1. The zero-order chi connectivity index (χ0) is 18.2. The molecule has 2 nitrogen and oxygen atoms in total. The summed E-state index contributed by atoms with van der Waals surface area (Å²) >= 11 is 0. The summed E-state index contributed by atoms with van der Waals surface area (Å²) in [5.74, 6) is 0.624. The third kappa shape index (κ3) is 3.46. The number of nitrogens with zero attached hydrogens (tertiary/aromatic N) is 2. The van der Waals surface area contributed by atoms with Gasteiger partial charge in [-0.3, -0.25) is 0 Å². The highest BCUT2D eigenvalue weighted by Crippen LogP contribution is 2.47. The molecule has 2 heterocycles. The molecule has 0 amide bonds. The summed E-state index contributed by atoms with van der Waals surface area (Å²) in [7, 11) is 4.81. The molecule has 3 heteroatoms. The van der Waals surface area contributed by atoms with Gasteiger partial charge in [-0.15, -0.1) is 0 Å². The summed E-state index contributed by atoms with van der Waals surface area (Å²) in [6.45, 7) is 0. The first kappa shape index (κ1) is 20.1. The Kier molecular flexibility index (Phi) is 5.79. The Morgan fingerprint density at radius 2 is 1.33 bits per heavy atom. The molecule has 2 aliphatic rings. The van der Waals surface area contributed by atoms with E-state index in [4.69, 9.17) is 0 Å². The quantitative estimate of drug-likeness (QED) is 0.687. The van der Waals surface area contributed by atoms with Gasteiger partial charge in [-0.2, -0.15) is 5.26 Å². The molecule has 2 aromatic carbocycles. The van der Waals surface area contributed by atoms with E-state index in [1.807, 2.05) is 12.1 Å². The molecule has 0 radical (unpaired) electrons. The van der Waals surface area contributed by atoms with E-state index < -0.39 is 5.41 Å². The standard InChI is InChI=1S/C24H29N2.BrH/c1-26(2)22-13-14-23(26)16-19(15-22)17-24(18-25,20-9-5-3-6-10-20)21-11-7-4-8-12-21;/h3-12,19,22-23H,13-17H2,1-2H3;1H/q+1;/p-1/t19-,22+,23-;. The second kappa shape index (κ2) is 7.78. The molecule has 142 valence electrons. The third-order valence-electron chi connectivity index (χ3n) is 7.25. The molecule has 2 saturated heterocycles. The van der Waals surface area contributed by atoms with E-state index in [-0.39, 0.29) is 17.0 Å². The molecule has 3 atom stereocenters. The van der Waals surface area contributed by atoms with Crippen LogP contribution in [0.4, 0.5) is 0 Å². The Labute approximate surface area is 174 Å². The topological polar surface area (TPSA) is 23.8 Å². The van der Waals surface area contributed by atoms with Crippen LogP contribution in [0.1, 0.15) is 43.2 Å². The van der Waals surface area contributed by atoms with Crippen LogP contribution in [0.3, 0.4) is 0 Å². The van der Waals surface area contributed by atoms with Crippen molar-refractivity contribution >= 4 is 0 Å². The van der Waals surface area contributed by atoms with Crippen molar-refractivity contribution in [3.8, 4) is 6.07 Å². The predicted molar refractivity (Wildman–Crippen MR) is 106 cm³/mol. The molecule has 2 fully saturated rings. The Hall–Kier alpha value is -1.63. The molecule has 0 aliphatic carbocycles. The molecule has 0 N–H and O–H groups in total. The first-order valence-corrected chi connectivity index (χ1v) is 9.92. The van der Waals surface area contributed by atoms with Crippen LogP contribution in [0, 0.1) is 17.2 Å². The number of hydrogen-bond acceptors (Lipinski definition) is 1. The van der Waals surface area contributed by atoms with Crippen LogP contribution in [-0.2, 0) is 5.41 Å². The highest BCUT2D eigenvalue weighted by molar-refractivity contribution is 5.45. The zero-order valence-electron chi connectivity index (χ0n) is 16.3. The fraction of sp³-hybridized carbons (Fsp3) is 0.458. The van der Waals surface area contributed by atoms with Gasteiger partial charge in [0.2, 0.25) is 0 Å². The first-order valence-electron chi connectivity index (χ1n) is 9.92. The van der Waals surface area contributed by atoms with Crippen molar-refractivity contribution in [3.63, 3.8) is 0 Å². The summed E-state index contributed by atoms with van der Waals surface area (Å²) < 4.78 is 1.19. The van der Waals surface area contributed by atoms with Crippen molar-refractivity contribution in [2.24, 2.45) is 5.92 Å². The summed E-state index contributed by atoms with van der Waals surface area (Å²) in [6, 6.07) is 25.2. The van der Waals surface area contributed by atoms with Gasteiger partial charge in [0.25, 0.3) is 0 Å². The van der Waals surface area contributed by atoms with E-state index in [1.54, 1.807) is 0 Å². The Morgan fingerprint density at radius 3 is 1.74 bits per heavy atom.